The first kappa shape index (κ1) is 17.6. The normalized spacial score (nSPS) is 9.88. The van der Waals surface area contributed by atoms with Crippen LogP contribution in [-0.4, -0.2) is 25.8 Å². The van der Waals surface area contributed by atoms with Gasteiger partial charge in [0.1, 0.15) is 30.5 Å². The van der Waals surface area contributed by atoms with Crippen LogP contribution in [-0.2, 0) is 9.53 Å². The minimum atomic E-state index is -0.598. The Bertz CT molecular complexity index is 743. The van der Waals surface area contributed by atoms with Crippen LogP contribution in [0.2, 0.25) is 5.02 Å². The molecule has 0 radical (unpaired) electrons. The van der Waals surface area contributed by atoms with Gasteiger partial charge < -0.3 is 14.2 Å². The topological polar surface area (TPSA) is 68.5 Å². The fraction of sp³-hybridized carbons (Fsp3) is 0.176. The van der Waals surface area contributed by atoms with Gasteiger partial charge in [0.2, 0.25) is 0 Å². The average Bonchev–Trinajstić information content (AvgIpc) is 2.58. The number of halogens is 2. The van der Waals surface area contributed by atoms with Crippen LogP contribution in [0.3, 0.4) is 0 Å². The van der Waals surface area contributed by atoms with E-state index in [4.69, 9.17) is 31.1 Å². The van der Waals surface area contributed by atoms with E-state index in [1.165, 1.54) is 12.1 Å². The SMILES string of the molecule is N#Cc1ccc(OCCOC(=O)COc2ccc(F)cc2Cl)cc1. The lowest BCUT2D eigenvalue weighted by molar-refractivity contribution is -0.146. The summed E-state index contributed by atoms with van der Waals surface area (Å²) in [6, 6.07) is 12.2. The monoisotopic (exact) mass is 349 g/mol. The molecular formula is C17H13ClFNO4. The molecule has 5 nitrogen and oxygen atoms in total. The van der Waals surface area contributed by atoms with Crippen molar-refractivity contribution in [2.75, 3.05) is 19.8 Å². The van der Waals surface area contributed by atoms with E-state index in [9.17, 15) is 9.18 Å². The van der Waals surface area contributed by atoms with Crippen LogP contribution >= 0.6 is 11.6 Å². The lowest BCUT2D eigenvalue weighted by Gasteiger charge is -2.09. The second kappa shape index (κ2) is 8.75. The first-order valence-electron chi connectivity index (χ1n) is 6.95. The molecule has 7 heteroatoms. The Kier molecular flexibility index (Phi) is 6.41. The van der Waals surface area contributed by atoms with Crippen molar-refractivity contribution in [3.63, 3.8) is 0 Å². The van der Waals surface area contributed by atoms with Crippen molar-refractivity contribution in [2.24, 2.45) is 0 Å². The summed E-state index contributed by atoms with van der Waals surface area (Å²) in [6.45, 7) is -0.142. The third-order valence-electron chi connectivity index (χ3n) is 2.84. The Morgan fingerprint density at radius 2 is 1.88 bits per heavy atom. The number of hydrogen-bond donors (Lipinski definition) is 0. The summed E-state index contributed by atoms with van der Waals surface area (Å²) in [4.78, 5) is 11.5. The molecule has 2 aromatic rings. The van der Waals surface area contributed by atoms with Gasteiger partial charge >= 0.3 is 5.97 Å². The van der Waals surface area contributed by atoms with Crippen molar-refractivity contribution >= 4 is 17.6 Å². The van der Waals surface area contributed by atoms with Gasteiger partial charge in [0.05, 0.1) is 16.7 Å². The predicted molar refractivity (Wildman–Crippen MR) is 84.5 cm³/mol. The predicted octanol–water partition coefficient (Wildman–Crippen LogP) is 3.35. The maximum atomic E-state index is 12.9. The molecule has 0 fully saturated rings. The van der Waals surface area contributed by atoms with Gasteiger partial charge in [0, 0.05) is 0 Å². The molecule has 0 N–H and O–H groups in total. The Morgan fingerprint density at radius 1 is 1.12 bits per heavy atom. The number of rotatable bonds is 7. The van der Waals surface area contributed by atoms with Crippen LogP contribution in [0.25, 0.3) is 0 Å². The summed E-state index contributed by atoms with van der Waals surface area (Å²) in [5, 5.41) is 8.76. The number of esters is 1. The molecule has 2 aromatic carbocycles. The summed E-state index contributed by atoms with van der Waals surface area (Å²) in [5.41, 5.74) is 0.533. The van der Waals surface area contributed by atoms with E-state index >= 15 is 0 Å². The van der Waals surface area contributed by atoms with Gasteiger partial charge in [-0.3, -0.25) is 0 Å². The molecule has 0 unspecified atom stereocenters. The van der Waals surface area contributed by atoms with E-state index in [1.807, 2.05) is 6.07 Å². The molecule has 0 aliphatic rings. The van der Waals surface area contributed by atoms with Gasteiger partial charge in [-0.05, 0) is 42.5 Å². The summed E-state index contributed by atoms with van der Waals surface area (Å²) >= 11 is 5.77. The van der Waals surface area contributed by atoms with E-state index in [1.54, 1.807) is 24.3 Å². The lowest BCUT2D eigenvalue weighted by Crippen LogP contribution is -2.18. The number of carbonyl (C=O) groups is 1. The van der Waals surface area contributed by atoms with E-state index in [-0.39, 0.29) is 30.6 Å². The van der Waals surface area contributed by atoms with E-state index in [0.717, 1.165) is 6.07 Å². The molecule has 0 bridgehead atoms. The second-order valence-corrected chi connectivity index (χ2v) is 4.98. The van der Waals surface area contributed by atoms with E-state index in [2.05, 4.69) is 0 Å². The zero-order chi connectivity index (χ0) is 17.4. The van der Waals surface area contributed by atoms with E-state index < -0.39 is 11.8 Å². The van der Waals surface area contributed by atoms with Crippen molar-refractivity contribution in [1.82, 2.24) is 0 Å². The highest BCUT2D eigenvalue weighted by Crippen LogP contribution is 2.24. The standard InChI is InChI=1S/C17H13ClFNO4/c18-15-9-13(19)3-6-16(15)24-11-17(21)23-8-7-22-14-4-1-12(10-20)2-5-14/h1-6,9H,7-8,11H2. The fourth-order valence-electron chi connectivity index (χ4n) is 1.71. The minimum Gasteiger partial charge on any atom is -0.490 e. The van der Waals surface area contributed by atoms with Crippen LogP contribution in [0, 0.1) is 17.1 Å². The molecule has 0 saturated heterocycles. The van der Waals surface area contributed by atoms with Gasteiger partial charge in [-0.1, -0.05) is 11.6 Å². The molecule has 0 aromatic heterocycles. The Balaban J connectivity index is 1.66. The maximum absolute atomic E-state index is 12.9. The summed E-state index contributed by atoms with van der Waals surface area (Å²) in [7, 11) is 0. The van der Waals surface area contributed by atoms with Crippen molar-refractivity contribution < 1.29 is 23.4 Å². The van der Waals surface area contributed by atoms with Gasteiger partial charge in [-0.25, -0.2) is 9.18 Å². The van der Waals surface area contributed by atoms with Crippen molar-refractivity contribution in [2.45, 2.75) is 0 Å². The minimum absolute atomic E-state index is 0.0410. The number of benzene rings is 2. The van der Waals surface area contributed by atoms with Gasteiger partial charge in [0.15, 0.2) is 6.61 Å². The summed E-state index contributed by atoms with van der Waals surface area (Å²) in [5.74, 6) is -0.322. The molecule has 0 spiro atoms. The van der Waals surface area contributed by atoms with Gasteiger partial charge in [-0.15, -0.1) is 0 Å². The number of ether oxygens (including phenoxy) is 3. The molecule has 124 valence electrons. The van der Waals surface area contributed by atoms with Crippen LogP contribution < -0.4 is 9.47 Å². The molecule has 0 aliphatic carbocycles. The second-order valence-electron chi connectivity index (χ2n) is 4.57. The highest BCUT2D eigenvalue weighted by Gasteiger charge is 2.08. The molecule has 24 heavy (non-hydrogen) atoms. The van der Waals surface area contributed by atoms with Crippen LogP contribution in [0.5, 0.6) is 11.5 Å². The van der Waals surface area contributed by atoms with E-state index in [0.29, 0.717) is 11.3 Å². The van der Waals surface area contributed by atoms with Crippen LogP contribution in [0.15, 0.2) is 42.5 Å². The highest BCUT2D eigenvalue weighted by atomic mass is 35.5. The number of nitriles is 1. The largest absolute Gasteiger partial charge is 0.490 e. The van der Waals surface area contributed by atoms with Crippen LogP contribution in [0.1, 0.15) is 5.56 Å². The van der Waals surface area contributed by atoms with Crippen molar-refractivity contribution in [1.29, 1.82) is 5.26 Å². The molecule has 2 rings (SSSR count). The molecule has 0 heterocycles. The zero-order valence-corrected chi connectivity index (χ0v) is 13.3. The van der Waals surface area contributed by atoms with Crippen molar-refractivity contribution in [3.8, 4) is 17.6 Å². The van der Waals surface area contributed by atoms with Crippen molar-refractivity contribution in [3.05, 3.63) is 58.9 Å². The first-order chi connectivity index (χ1) is 11.6. The fourth-order valence-corrected chi connectivity index (χ4v) is 1.93. The Hall–Kier alpha value is -2.78. The number of nitrogens with zero attached hydrogens (tertiary/aromatic N) is 1. The molecule has 0 aliphatic heterocycles. The smallest absolute Gasteiger partial charge is 0.344 e. The number of carbonyl (C=O) groups excluding carboxylic acids is 1. The van der Waals surface area contributed by atoms with Gasteiger partial charge in [0.25, 0.3) is 0 Å². The Morgan fingerprint density at radius 3 is 2.54 bits per heavy atom. The Labute approximate surface area is 143 Å². The molecule has 0 saturated carbocycles. The molecule has 0 atom stereocenters. The third-order valence-corrected chi connectivity index (χ3v) is 3.13. The molecular weight excluding hydrogens is 337 g/mol. The average molecular weight is 350 g/mol. The zero-order valence-electron chi connectivity index (χ0n) is 12.5. The number of hydrogen-bond acceptors (Lipinski definition) is 5. The first-order valence-corrected chi connectivity index (χ1v) is 7.33. The van der Waals surface area contributed by atoms with Gasteiger partial charge in [-0.2, -0.15) is 5.26 Å². The highest BCUT2D eigenvalue weighted by molar-refractivity contribution is 6.32. The maximum Gasteiger partial charge on any atom is 0.344 e. The lowest BCUT2D eigenvalue weighted by atomic mass is 10.2. The molecule has 0 amide bonds. The third kappa shape index (κ3) is 5.45. The summed E-state index contributed by atoms with van der Waals surface area (Å²) < 4.78 is 28.3. The van der Waals surface area contributed by atoms with Crippen LogP contribution in [0.4, 0.5) is 4.39 Å². The summed E-state index contributed by atoms with van der Waals surface area (Å²) in [6.07, 6.45) is 0. The quantitative estimate of drug-likeness (QED) is 0.566.